The largest absolute Gasteiger partial charge is 0.348 e. The van der Waals surface area contributed by atoms with E-state index >= 15 is 0 Å². The molecule has 7 heteroatoms. The molecule has 2 N–H and O–H groups in total. The number of rotatable bonds is 10. The average Bonchev–Trinajstić information content (AvgIpc) is 2.85. The van der Waals surface area contributed by atoms with Crippen molar-refractivity contribution in [3.63, 3.8) is 0 Å². The monoisotopic (exact) mass is 391 g/mol. The lowest BCUT2D eigenvalue weighted by molar-refractivity contribution is -0.135. The number of amides is 4. The maximum absolute atomic E-state index is 13.0. The maximum atomic E-state index is 13.0. The number of halogens is 1. The zero-order chi connectivity index (χ0) is 20.7. The fraction of sp³-hybridized carbons (Fsp3) is 0.571. The Morgan fingerprint density at radius 3 is 2.46 bits per heavy atom. The summed E-state index contributed by atoms with van der Waals surface area (Å²) in [6.45, 7) is 5.28. The van der Waals surface area contributed by atoms with Crippen LogP contribution in [0.2, 0.25) is 0 Å². The third-order valence-corrected chi connectivity index (χ3v) is 5.17. The molecule has 1 saturated heterocycles. The number of carbonyl (C=O) groups excluding carboxylic acids is 3. The average molecular weight is 391 g/mol. The minimum Gasteiger partial charge on any atom is -0.348 e. The Balaban J connectivity index is 1.88. The molecular formula is C21H30FN3O3. The molecule has 0 aromatic heterocycles. The topological polar surface area (TPSA) is 78.5 Å². The van der Waals surface area contributed by atoms with E-state index in [1.807, 2.05) is 0 Å². The summed E-state index contributed by atoms with van der Waals surface area (Å²) < 4.78 is 13.0. The Bertz CT molecular complexity index is 707. The lowest BCUT2D eigenvalue weighted by atomic mass is 9.94. The van der Waals surface area contributed by atoms with Gasteiger partial charge in [0.15, 0.2) is 0 Å². The van der Waals surface area contributed by atoms with Gasteiger partial charge in [-0.25, -0.2) is 9.18 Å². The predicted octanol–water partition coefficient (Wildman–Crippen LogP) is 3.67. The van der Waals surface area contributed by atoms with Crippen LogP contribution in [0, 0.1) is 5.82 Å². The molecule has 1 heterocycles. The molecule has 0 aliphatic carbocycles. The first-order valence-electron chi connectivity index (χ1n) is 9.96. The van der Waals surface area contributed by atoms with E-state index in [9.17, 15) is 18.8 Å². The van der Waals surface area contributed by atoms with Crippen LogP contribution in [0.1, 0.15) is 70.9 Å². The molecule has 154 valence electrons. The molecule has 0 bridgehead atoms. The van der Waals surface area contributed by atoms with Crippen molar-refractivity contribution in [3.05, 3.63) is 35.6 Å². The number of hydrogen-bond acceptors (Lipinski definition) is 3. The molecule has 0 spiro atoms. The standard InChI is InChI=1S/C21H30FN3O3/c1-4-5-6-7-8-13-21(3)19(27)25(20(28)24-21)14-18(26)23-15(2)16-9-11-17(22)12-10-16/h9-12,15H,4-8,13-14H2,1-3H3,(H,23,26)(H,24,28). The van der Waals surface area contributed by atoms with Gasteiger partial charge >= 0.3 is 6.03 Å². The first-order chi connectivity index (χ1) is 13.3. The third kappa shape index (κ3) is 5.53. The Labute approximate surface area is 165 Å². The number of nitrogens with zero attached hydrogens (tertiary/aromatic N) is 1. The van der Waals surface area contributed by atoms with Gasteiger partial charge in [0.1, 0.15) is 17.9 Å². The highest BCUT2D eigenvalue weighted by Crippen LogP contribution is 2.24. The zero-order valence-electron chi connectivity index (χ0n) is 16.9. The van der Waals surface area contributed by atoms with E-state index in [1.165, 1.54) is 12.1 Å². The van der Waals surface area contributed by atoms with E-state index < -0.39 is 17.5 Å². The number of urea groups is 1. The van der Waals surface area contributed by atoms with E-state index in [4.69, 9.17) is 0 Å². The Hall–Kier alpha value is -2.44. The lowest BCUT2D eigenvalue weighted by Gasteiger charge is -2.22. The van der Waals surface area contributed by atoms with Crippen LogP contribution in [0.3, 0.4) is 0 Å². The van der Waals surface area contributed by atoms with E-state index in [-0.39, 0.29) is 24.3 Å². The van der Waals surface area contributed by atoms with E-state index in [0.717, 1.165) is 42.6 Å². The highest BCUT2D eigenvalue weighted by Gasteiger charge is 2.47. The minimum absolute atomic E-state index is 0.332. The van der Waals surface area contributed by atoms with Gasteiger partial charge in [-0.15, -0.1) is 0 Å². The fourth-order valence-corrected chi connectivity index (χ4v) is 3.41. The van der Waals surface area contributed by atoms with Crippen molar-refractivity contribution >= 4 is 17.8 Å². The molecule has 0 radical (unpaired) electrons. The van der Waals surface area contributed by atoms with Crippen LogP contribution in [0.15, 0.2) is 24.3 Å². The molecule has 28 heavy (non-hydrogen) atoms. The highest BCUT2D eigenvalue weighted by atomic mass is 19.1. The molecule has 1 aromatic carbocycles. The second-order valence-electron chi connectivity index (χ2n) is 7.66. The molecular weight excluding hydrogens is 361 g/mol. The number of imide groups is 1. The lowest BCUT2D eigenvalue weighted by Crippen LogP contribution is -2.45. The zero-order valence-corrected chi connectivity index (χ0v) is 16.9. The van der Waals surface area contributed by atoms with Gasteiger partial charge in [0.25, 0.3) is 5.91 Å². The fourth-order valence-electron chi connectivity index (χ4n) is 3.41. The highest BCUT2D eigenvalue weighted by molar-refractivity contribution is 6.08. The quantitative estimate of drug-likeness (QED) is 0.472. The molecule has 2 unspecified atom stereocenters. The van der Waals surface area contributed by atoms with Crippen molar-refractivity contribution in [2.24, 2.45) is 0 Å². The summed E-state index contributed by atoms with van der Waals surface area (Å²) in [5, 5.41) is 5.48. The summed E-state index contributed by atoms with van der Waals surface area (Å²) in [4.78, 5) is 38.2. The van der Waals surface area contributed by atoms with E-state index in [1.54, 1.807) is 26.0 Å². The summed E-state index contributed by atoms with van der Waals surface area (Å²) in [5.74, 6) is -1.15. The number of unbranched alkanes of at least 4 members (excludes halogenated alkanes) is 4. The van der Waals surface area contributed by atoms with Crippen LogP contribution in [0.4, 0.5) is 9.18 Å². The molecule has 0 saturated carbocycles. The molecule has 1 aliphatic rings. The first-order valence-corrected chi connectivity index (χ1v) is 9.96. The Kier molecular flexibility index (Phi) is 7.54. The molecule has 6 nitrogen and oxygen atoms in total. The van der Waals surface area contributed by atoms with Crippen LogP contribution in [-0.2, 0) is 9.59 Å². The van der Waals surface area contributed by atoms with Gasteiger partial charge in [-0.2, -0.15) is 0 Å². The molecule has 2 rings (SSSR count). The van der Waals surface area contributed by atoms with Crippen LogP contribution >= 0.6 is 0 Å². The van der Waals surface area contributed by atoms with E-state index in [0.29, 0.717) is 6.42 Å². The summed E-state index contributed by atoms with van der Waals surface area (Å²) in [7, 11) is 0. The molecule has 1 aliphatic heterocycles. The van der Waals surface area contributed by atoms with Crippen molar-refractivity contribution in [2.75, 3.05) is 6.54 Å². The van der Waals surface area contributed by atoms with Gasteiger partial charge in [-0.1, -0.05) is 51.2 Å². The summed E-state index contributed by atoms with van der Waals surface area (Å²) >= 11 is 0. The van der Waals surface area contributed by atoms with Crippen molar-refractivity contribution in [1.82, 2.24) is 15.5 Å². The van der Waals surface area contributed by atoms with Crippen LogP contribution in [0.5, 0.6) is 0 Å². The molecule has 2 atom stereocenters. The maximum Gasteiger partial charge on any atom is 0.325 e. The first kappa shape index (κ1) is 21.9. The predicted molar refractivity (Wildman–Crippen MR) is 105 cm³/mol. The number of nitrogens with one attached hydrogen (secondary N) is 2. The van der Waals surface area contributed by atoms with Crippen molar-refractivity contribution < 1.29 is 18.8 Å². The van der Waals surface area contributed by atoms with Crippen LogP contribution in [0.25, 0.3) is 0 Å². The number of benzene rings is 1. The van der Waals surface area contributed by atoms with Crippen molar-refractivity contribution in [1.29, 1.82) is 0 Å². The summed E-state index contributed by atoms with van der Waals surface area (Å²) in [6, 6.07) is 4.92. The SMILES string of the molecule is CCCCCCCC1(C)NC(=O)N(CC(=O)NC(C)c2ccc(F)cc2)C1=O. The van der Waals surface area contributed by atoms with Gasteiger partial charge in [0.2, 0.25) is 5.91 Å². The van der Waals surface area contributed by atoms with Gasteiger partial charge in [-0.3, -0.25) is 14.5 Å². The van der Waals surface area contributed by atoms with Crippen molar-refractivity contribution in [3.8, 4) is 0 Å². The van der Waals surface area contributed by atoms with Crippen LogP contribution in [-0.4, -0.2) is 34.8 Å². The molecule has 1 aromatic rings. The molecule has 4 amide bonds. The van der Waals surface area contributed by atoms with Gasteiger partial charge < -0.3 is 10.6 Å². The number of hydrogen-bond donors (Lipinski definition) is 2. The van der Waals surface area contributed by atoms with Gasteiger partial charge in [-0.05, 0) is 38.0 Å². The minimum atomic E-state index is -0.952. The third-order valence-electron chi connectivity index (χ3n) is 5.17. The van der Waals surface area contributed by atoms with E-state index in [2.05, 4.69) is 17.6 Å². The second kappa shape index (κ2) is 9.66. The van der Waals surface area contributed by atoms with Crippen molar-refractivity contribution in [2.45, 2.75) is 70.9 Å². The smallest absolute Gasteiger partial charge is 0.325 e. The Morgan fingerprint density at radius 1 is 1.18 bits per heavy atom. The van der Waals surface area contributed by atoms with Gasteiger partial charge in [0.05, 0.1) is 6.04 Å². The van der Waals surface area contributed by atoms with Gasteiger partial charge in [0, 0.05) is 0 Å². The normalized spacial score (nSPS) is 20.2. The van der Waals surface area contributed by atoms with Crippen LogP contribution < -0.4 is 10.6 Å². The number of carbonyl (C=O) groups is 3. The second-order valence-corrected chi connectivity index (χ2v) is 7.66. The summed E-state index contributed by atoms with van der Waals surface area (Å²) in [6.07, 6.45) is 5.85. The molecule has 1 fully saturated rings. The Morgan fingerprint density at radius 2 is 1.82 bits per heavy atom. The summed E-state index contributed by atoms with van der Waals surface area (Å²) in [5.41, 5.74) is -0.213.